The van der Waals surface area contributed by atoms with Gasteiger partial charge in [0, 0.05) is 65.7 Å². The molecular weight excluding hydrogens is 941 g/mol. The van der Waals surface area contributed by atoms with Crippen molar-refractivity contribution in [2.24, 2.45) is 73.8 Å². The van der Waals surface area contributed by atoms with E-state index >= 15 is 4.79 Å². The molecule has 9 rings (SSSR count). The van der Waals surface area contributed by atoms with Crippen LogP contribution in [0.2, 0.25) is 0 Å². The number of carbonyl (C=O) groups is 1. The number of imidazole rings is 1. The molecule has 12 nitrogen and oxygen atoms in total. The molecule has 1 aromatic heterocycles. The van der Waals surface area contributed by atoms with Gasteiger partial charge in [0.05, 0.1) is 30.2 Å². The summed E-state index contributed by atoms with van der Waals surface area (Å²) in [6, 6.07) is 10.8. The monoisotopic (exact) mass is 1030 g/mol. The zero-order valence-corrected chi connectivity index (χ0v) is 45.9. The van der Waals surface area contributed by atoms with Gasteiger partial charge in [-0.15, -0.1) is 0 Å². The number of aliphatic hydroxyl groups is 5. The number of aliphatic imine (C=N–C) groups is 1. The van der Waals surface area contributed by atoms with Crippen LogP contribution in [0.25, 0.3) is 0 Å². The van der Waals surface area contributed by atoms with Gasteiger partial charge in [-0.3, -0.25) is 9.79 Å². The lowest BCUT2D eigenvalue weighted by Gasteiger charge is -2.64. The number of hydrogen-bond acceptors (Lipinski definition) is 11. The molecule has 1 aromatic carbocycles. The van der Waals surface area contributed by atoms with E-state index in [1.165, 1.54) is 49.7 Å². The van der Waals surface area contributed by atoms with Crippen molar-refractivity contribution in [3.63, 3.8) is 0 Å². The minimum absolute atomic E-state index is 0.0331. The van der Waals surface area contributed by atoms with Crippen molar-refractivity contribution in [2.75, 3.05) is 25.9 Å². The van der Waals surface area contributed by atoms with Gasteiger partial charge in [0.1, 0.15) is 6.23 Å². The Morgan fingerprint density at radius 1 is 1.00 bits per heavy atom. The Labute approximate surface area is 438 Å². The predicted octanol–water partition coefficient (Wildman–Crippen LogP) is 8.40. The van der Waals surface area contributed by atoms with E-state index in [0.29, 0.717) is 31.2 Å². The number of aromatic nitrogens is 2. The zero-order valence-electron chi connectivity index (χ0n) is 44.3. The second kappa shape index (κ2) is 21.4. The largest absolute Gasteiger partial charge is 0.393 e. The summed E-state index contributed by atoms with van der Waals surface area (Å²) in [7, 11) is 5.62. The highest BCUT2D eigenvalue weighted by Crippen LogP contribution is 2.73. The number of hydrogen-bond donors (Lipinski definition) is 8. The molecule has 9 N–H and O–H groups in total. The van der Waals surface area contributed by atoms with Crippen LogP contribution >= 0.6 is 21.6 Å². The number of guanidine groups is 1. The quantitative estimate of drug-likeness (QED) is 0.0393. The summed E-state index contributed by atoms with van der Waals surface area (Å²) in [6.45, 7) is 13.7. The molecule has 7 aliphatic rings. The van der Waals surface area contributed by atoms with Crippen LogP contribution in [0.1, 0.15) is 143 Å². The van der Waals surface area contributed by atoms with Crippen LogP contribution < -0.4 is 16.4 Å². The number of aliphatic hydroxyl groups excluding tert-OH is 4. The maximum Gasteiger partial charge on any atom is 0.190 e. The normalized spacial score (nSPS) is 41.7. The van der Waals surface area contributed by atoms with Crippen molar-refractivity contribution < 1.29 is 30.3 Å². The summed E-state index contributed by atoms with van der Waals surface area (Å²) in [6.07, 6.45) is 18.4. The molecule has 2 bridgehead atoms. The molecular formula is C58H88N6O6S2. The van der Waals surface area contributed by atoms with Crippen LogP contribution in [0.5, 0.6) is 0 Å². The number of aryl methyl sites for hydroxylation is 1. The molecule has 398 valence electrons. The number of carbonyl (C=O) groups excluding carboxylic acids is 1. The number of fused-ring (bicyclic) bond motifs is 9. The molecule has 1 spiro atoms. The second-order valence-corrected chi connectivity index (χ2v) is 27.9. The van der Waals surface area contributed by atoms with Crippen molar-refractivity contribution in [3.05, 3.63) is 77.4 Å². The molecule has 16 unspecified atom stereocenters. The highest BCUT2D eigenvalue weighted by atomic mass is 33.1. The third-order valence-electron chi connectivity index (χ3n) is 20.4. The van der Waals surface area contributed by atoms with Gasteiger partial charge in [-0.2, -0.15) is 0 Å². The lowest BCUT2D eigenvalue weighted by Crippen LogP contribution is -2.67. The lowest BCUT2D eigenvalue weighted by atomic mass is 9.41. The second-order valence-electron chi connectivity index (χ2n) is 25.2. The molecule has 16 atom stereocenters. The Balaban J connectivity index is 1.21. The number of nitrogens with one attached hydrogen (secondary N) is 2. The van der Waals surface area contributed by atoms with Crippen LogP contribution in [0.3, 0.4) is 0 Å². The highest BCUT2D eigenvalue weighted by Gasteiger charge is 2.73. The Morgan fingerprint density at radius 3 is 2.43 bits per heavy atom. The predicted molar refractivity (Wildman–Crippen MR) is 291 cm³/mol. The van der Waals surface area contributed by atoms with Gasteiger partial charge in [0.2, 0.25) is 0 Å². The van der Waals surface area contributed by atoms with Gasteiger partial charge >= 0.3 is 0 Å². The van der Waals surface area contributed by atoms with Gasteiger partial charge in [-0.1, -0.05) is 111 Å². The van der Waals surface area contributed by atoms with Crippen molar-refractivity contribution in [1.82, 2.24) is 20.2 Å². The van der Waals surface area contributed by atoms with Gasteiger partial charge in [-0.05, 0) is 155 Å². The van der Waals surface area contributed by atoms with Gasteiger partial charge in [0.25, 0.3) is 0 Å². The first kappa shape index (κ1) is 54.1. The first-order chi connectivity index (χ1) is 34.2. The van der Waals surface area contributed by atoms with Crippen LogP contribution in [-0.2, 0) is 11.2 Å². The lowest BCUT2D eigenvalue weighted by molar-refractivity contribution is -0.183. The maximum absolute atomic E-state index is 15.3. The molecule has 6 fully saturated rings. The van der Waals surface area contributed by atoms with Crippen molar-refractivity contribution in [3.8, 4) is 0 Å². The van der Waals surface area contributed by atoms with Crippen LogP contribution in [0.4, 0.5) is 0 Å². The van der Waals surface area contributed by atoms with E-state index < -0.39 is 58.7 Å². The number of benzene rings is 1. The summed E-state index contributed by atoms with van der Waals surface area (Å²) < 4.78 is 2.29. The topological polar surface area (TPSA) is 198 Å². The van der Waals surface area contributed by atoms with E-state index in [-0.39, 0.29) is 65.1 Å². The Hall–Kier alpha value is -2.69. The first-order valence-electron chi connectivity index (χ1n) is 27.7. The van der Waals surface area contributed by atoms with Crippen LogP contribution in [0, 0.1) is 63.1 Å². The third kappa shape index (κ3) is 9.97. The molecule has 0 radical (unpaired) electrons. The molecule has 5 saturated carbocycles. The molecule has 2 heterocycles. The summed E-state index contributed by atoms with van der Waals surface area (Å²) in [5.41, 5.74) is 8.46. The molecule has 1 saturated heterocycles. The summed E-state index contributed by atoms with van der Waals surface area (Å²) >= 11 is 0. The van der Waals surface area contributed by atoms with Crippen molar-refractivity contribution in [1.29, 1.82) is 0 Å². The highest BCUT2D eigenvalue weighted by molar-refractivity contribution is 8.76. The standard InChI is InChI=1S/C58H88N6O6S2/c1-35-42-24-44(58(70)45-26-47(67)51-41(32-60-7)52(69)48(68)30-55(51,5)50(45)39(27-56(42,58)6)31-62-53(59)63-36(2)65)49(18-17-37-14-9-8-10-15-37)72-71-33-40(64-23-22-61-34-64)29-54(3,4)43(25-46(35)66)38-16-13-21-57(28-38)19-11-12-20-57/h8-10,14-15,22-23,26,34-36,39-42,44,46,48-52,60,65-66,68-70H,11-13,16-21,24-25,27-33H2,1-7H3,(H3,59,62,63). The Kier molecular flexibility index (Phi) is 16.1. The van der Waals surface area contributed by atoms with E-state index in [1.807, 2.05) is 41.2 Å². The molecule has 1 aliphatic heterocycles. The van der Waals surface area contributed by atoms with Crippen LogP contribution in [0.15, 0.2) is 76.8 Å². The van der Waals surface area contributed by atoms with E-state index in [1.54, 1.807) is 18.6 Å². The van der Waals surface area contributed by atoms with E-state index in [9.17, 15) is 25.5 Å². The van der Waals surface area contributed by atoms with E-state index in [0.717, 1.165) is 43.4 Å². The Bertz CT molecular complexity index is 2300. The summed E-state index contributed by atoms with van der Waals surface area (Å²) in [5.74, 6) is -1.56. The SMILES string of the molecule is CNCC1C(O)C(O)CC2(C)C3C(=CC(=O)C12)C1(O)C2CC(C(C)C(O)CC(=C4CCCC5(CCCC5)C4)C(C)(C)CC(n4ccnc4)CSSC2CCc2ccccc2)C1(C)CC3CN=C(N)NC(C)O. The van der Waals surface area contributed by atoms with E-state index in [2.05, 4.69) is 91.3 Å². The maximum atomic E-state index is 15.3. The number of allylic oxidation sites excluding steroid dienone is 2. The zero-order chi connectivity index (χ0) is 51.4. The molecule has 0 amide bonds. The molecule has 6 aliphatic carbocycles. The average Bonchev–Trinajstić information content (AvgIpc) is 4.09. The summed E-state index contributed by atoms with van der Waals surface area (Å²) in [5, 5.41) is 67.8. The fraction of sp³-hybridized carbons (Fsp3) is 0.741. The number of nitrogens with zero attached hydrogens (tertiary/aromatic N) is 3. The molecule has 14 heteroatoms. The minimum atomic E-state index is -1.47. The van der Waals surface area contributed by atoms with Crippen LogP contribution in [-0.4, -0.2) is 108 Å². The van der Waals surface area contributed by atoms with Gasteiger partial charge in [-0.25, -0.2) is 4.98 Å². The minimum Gasteiger partial charge on any atom is -0.393 e. The fourth-order valence-corrected chi connectivity index (χ4v) is 20.5. The third-order valence-corrected chi connectivity index (χ3v) is 23.4. The smallest absolute Gasteiger partial charge is 0.190 e. The Morgan fingerprint density at radius 2 is 1.74 bits per heavy atom. The van der Waals surface area contributed by atoms with E-state index in [4.69, 9.17) is 10.7 Å². The average molecular weight is 1030 g/mol. The first-order valence-corrected chi connectivity index (χ1v) is 30.1. The van der Waals surface area contributed by atoms with Crippen molar-refractivity contribution in [2.45, 2.75) is 179 Å². The number of nitrogens with two attached hydrogens (primary N) is 1. The number of rotatable bonds is 9. The number of ketones is 1. The van der Waals surface area contributed by atoms with Gasteiger partial charge < -0.3 is 46.5 Å². The summed E-state index contributed by atoms with van der Waals surface area (Å²) in [4.78, 5) is 24.8. The fourth-order valence-electron chi connectivity index (χ4n) is 17.2. The molecule has 72 heavy (non-hydrogen) atoms. The van der Waals surface area contributed by atoms with Gasteiger partial charge in [0.15, 0.2) is 11.7 Å². The molecule has 2 aromatic rings. The van der Waals surface area contributed by atoms with Crippen molar-refractivity contribution >= 4 is 33.3 Å².